The average molecular weight is 261 g/mol. The number of nitrogens with one attached hydrogen (secondary N) is 1. The van der Waals surface area contributed by atoms with Crippen molar-refractivity contribution < 1.29 is 4.74 Å². The Bertz CT molecular complexity index is 381. The van der Waals surface area contributed by atoms with E-state index in [9.17, 15) is 0 Å². The lowest BCUT2D eigenvalue weighted by atomic mass is 9.80. The highest BCUT2D eigenvalue weighted by Gasteiger charge is 2.23. The van der Waals surface area contributed by atoms with E-state index in [0.29, 0.717) is 6.04 Å². The zero-order chi connectivity index (χ0) is 13.7. The van der Waals surface area contributed by atoms with E-state index in [0.717, 1.165) is 30.7 Å². The summed E-state index contributed by atoms with van der Waals surface area (Å²) in [6, 6.07) is 9.10. The van der Waals surface area contributed by atoms with E-state index in [1.807, 2.05) is 13.0 Å². The standard InChI is InChI=1S/C17H27NO/c1-4-19-17-7-5-6-15(11-17)12-18-16-9-13(2)8-14(3)10-16/h5-7,11,13-14,16,18H,4,8-10,12H2,1-3H3. The van der Waals surface area contributed by atoms with E-state index in [1.165, 1.54) is 24.8 Å². The van der Waals surface area contributed by atoms with E-state index in [4.69, 9.17) is 4.74 Å². The molecule has 1 aliphatic carbocycles. The molecule has 0 radical (unpaired) electrons. The zero-order valence-corrected chi connectivity index (χ0v) is 12.5. The number of hydrogen-bond donors (Lipinski definition) is 1. The molecule has 1 saturated carbocycles. The Morgan fingerprint density at radius 3 is 2.58 bits per heavy atom. The maximum absolute atomic E-state index is 5.54. The SMILES string of the molecule is CCOc1cccc(CNC2CC(C)CC(C)C2)c1. The van der Waals surface area contributed by atoms with Gasteiger partial charge in [0, 0.05) is 12.6 Å². The van der Waals surface area contributed by atoms with Crippen LogP contribution in [0.1, 0.15) is 45.6 Å². The summed E-state index contributed by atoms with van der Waals surface area (Å²) in [7, 11) is 0. The molecule has 0 saturated heterocycles. The molecule has 2 rings (SSSR count). The van der Waals surface area contributed by atoms with Crippen molar-refractivity contribution in [1.82, 2.24) is 5.32 Å². The third-order valence-electron chi connectivity index (χ3n) is 3.98. The van der Waals surface area contributed by atoms with Crippen LogP contribution in [0.4, 0.5) is 0 Å². The maximum atomic E-state index is 5.54. The van der Waals surface area contributed by atoms with E-state index in [1.54, 1.807) is 0 Å². The van der Waals surface area contributed by atoms with Gasteiger partial charge in [0.15, 0.2) is 0 Å². The van der Waals surface area contributed by atoms with Crippen LogP contribution in [0.15, 0.2) is 24.3 Å². The Labute approximate surface area is 117 Å². The quantitative estimate of drug-likeness (QED) is 0.865. The van der Waals surface area contributed by atoms with Crippen molar-refractivity contribution in [2.75, 3.05) is 6.61 Å². The van der Waals surface area contributed by atoms with Gasteiger partial charge in [0.25, 0.3) is 0 Å². The van der Waals surface area contributed by atoms with E-state index >= 15 is 0 Å². The largest absolute Gasteiger partial charge is 0.494 e. The van der Waals surface area contributed by atoms with Crippen LogP contribution in [0.3, 0.4) is 0 Å². The topological polar surface area (TPSA) is 21.3 Å². The first-order valence-electron chi connectivity index (χ1n) is 7.62. The zero-order valence-electron chi connectivity index (χ0n) is 12.5. The summed E-state index contributed by atoms with van der Waals surface area (Å²) in [4.78, 5) is 0. The molecule has 1 N–H and O–H groups in total. The molecule has 2 nitrogen and oxygen atoms in total. The summed E-state index contributed by atoms with van der Waals surface area (Å²) >= 11 is 0. The van der Waals surface area contributed by atoms with Gasteiger partial charge >= 0.3 is 0 Å². The summed E-state index contributed by atoms with van der Waals surface area (Å²) in [6.45, 7) is 8.45. The summed E-state index contributed by atoms with van der Waals surface area (Å²) in [5.41, 5.74) is 1.32. The number of hydrogen-bond acceptors (Lipinski definition) is 2. The van der Waals surface area contributed by atoms with Crippen LogP contribution in [-0.2, 0) is 6.54 Å². The van der Waals surface area contributed by atoms with E-state index in [-0.39, 0.29) is 0 Å². The highest BCUT2D eigenvalue weighted by Crippen LogP contribution is 2.28. The lowest BCUT2D eigenvalue weighted by molar-refractivity contribution is 0.238. The van der Waals surface area contributed by atoms with Gasteiger partial charge in [-0.15, -0.1) is 0 Å². The highest BCUT2D eigenvalue weighted by molar-refractivity contribution is 5.28. The first-order valence-corrected chi connectivity index (χ1v) is 7.62. The van der Waals surface area contributed by atoms with Gasteiger partial charge < -0.3 is 10.1 Å². The van der Waals surface area contributed by atoms with Crippen molar-refractivity contribution in [1.29, 1.82) is 0 Å². The van der Waals surface area contributed by atoms with Crippen LogP contribution >= 0.6 is 0 Å². The summed E-state index contributed by atoms with van der Waals surface area (Å²) in [5.74, 6) is 2.69. The third kappa shape index (κ3) is 4.54. The molecule has 1 fully saturated rings. The number of rotatable bonds is 5. The lowest BCUT2D eigenvalue weighted by Gasteiger charge is -2.32. The molecule has 19 heavy (non-hydrogen) atoms. The van der Waals surface area contributed by atoms with E-state index in [2.05, 4.69) is 37.4 Å². The van der Waals surface area contributed by atoms with Crippen LogP contribution in [0.25, 0.3) is 0 Å². The minimum absolute atomic E-state index is 0.675. The second kappa shape index (κ2) is 6.95. The molecule has 0 aliphatic heterocycles. The van der Waals surface area contributed by atoms with Gasteiger partial charge in [0.1, 0.15) is 5.75 Å². The minimum Gasteiger partial charge on any atom is -0.494 e. The second-order valence-electron chi connectivity index (χ2n) is 6.08. The normalized spacial score (nSPS) is 27.2. The Balaban J connectivity index is 1.86. The van der Waals surface area contributed by atoms with Gasteiger partial charge in [-0.25, -0.2) is 0 Å². The first kappa shape index (κ1) is 14.4. The van der Waals surface area contributed by atoms with Gasteiger partial charge in [0.2, 0.25) is 0 Å². The Morgan fingerprint density at radius 1 is 1.16 bits per heavy atom. The molecule has 1 aromatic carbocycles. The Kier molecular flexibility index (Phi) is 5.26. The molecule has 0 amide bonds. The highest BCUT2D eigenvalue weighted by atomic mass is 16.5. The average Bonchev–Trinajstić information content (AvgIpc) is 2.36. The summed E-state index contributed by atoms with van der Waals surface area (Å²) < 4.78 is 5.54. The fraction of sp³-hybridized carbons (Fsp3) is 0.647. The van der Waals surface area contributed by atoms with Crippen molar-refractivity contribution in [3.05, 3.63) is 29.8 Å². The fourth-order valence-corrected chi connectivity index (χ4v) is 3.29. The summed E-state index contributed by atoms with van der Waals surface area (Å²) in [5, 5.41) is 3.71. The van der Waals surface area contributed by atoms with Crippen molar-refractivity contribution in [2.24, 2.45) is 11.8 Å². The van der Waals surface area contributed by atoms with Gasteiger partial charge in [-0.2, -0.15) is 0 Å². The predicted octanol–water partition coefficient (Wildman–Crippen LogP) is 4.00. The molecule has 2 atom stereocenters. The molecular formula is C17H27NO. The van der Waals surface area contributed by atoms with Crippen LogP contribution in [0.2, 0.25) is 0 Å². The Morgan fingerprint density at radius 2 is 1.89 bits per heavy atom. The van der Waals surface area contributed by atoms with Crippen molar-refractivity contribution in [2.45, 2.75) is 52.6 Å². The van der Waals surface area contributed by atoms with Crippen LogP contribution < -0.4 is 10.1 Å². The molecule has 0 spiro atoms. The number of ether oxygens (including phenoxy) is 1. The first-order chi connectivity index (χ1) is 9.17. The maximum Gasteiger partial charge on any atom is 0.119 e. The monoisotopic (exact) mass is 261 g/mol. The van der Waals surface area contributed by atoms with Crippen LogP contribution in [-0.4, -0.2) is 12.6 Å². The molecule has 2 heteroatoms. The Hall–Kier alpha value is -1.02. The van der Waals surface area contributed by atoms with Crippen molar-refractivity contribution >= 4 is 0 Å². The van der Waals surface area contributed by atoms with Crippen molar-refractivity contribution in [3.8, 4) is 5.75 Å². The smallest absolute Gasteiger partial charge is 0.119 e. The predicted molar refractivity (Wildman–Crippen MR) is 80.4 cm³/mol. The lowest BCUT2D eigenvalue weighted by Crippen LogP contribution is -2.35. The molecule has 1 aromatic rings. The molecule has 106 valence electrons. The minimum atomic E-state index is 0.675. The second-order valence-corrected chi connectivity index (χ2v) is 6.08. The van der Waals surface area contributed by atoms with Gasteiger partial charge in [-0.05, 0) is 55.7 Å². The third-order valence-corrected chi connectivity index (χ3v) is 3.98. The van der Waals surface area contributed by atoms with Crippen molar-refractivity contribution in [3.63, 3.8) is 0 Å². The van der Waals surface area contributed by atoms with Crippen LogP contribution in [0.5, 0.6) is 5.75 Å². The fourth-order valence-electron chi connectivity index (χ4n) is 3.29. The molecule has 1 aliphatic rings. The molecule has 2 unspecified atom stereocenters. The van der Waals surface area contributed by atoms with Gasteiger partial charge in [-0.1, -0.05) is 26.0 Å². The van der Waals surface area contributed by atoms with Gasteiger partial charge in [0.05, 0.1) is 6.61 Å². The summed E-state index contributed by atoms with van der Waals surface area (Å²) in [6.07, 6.45) is 4.02. The molecule has 0 aromatic heterocycles. The molecule has 0 heterocycles. The van der Waals surface area contributed by atoms with E-state index < -0.39 is 0 Å². The van der Waals surface area contributed by atoms with Gasteiger partial charge in [-0.3, -0.25) is 0 Å². The van der Waals surface area contributed by atoms with Crippen LogP contribution in [0, 0.1) is 11.8 Å². The molecule has 0 bridgehead atoms. The number of benzene rings is 1. The molecular weight excluding hydrogens is 234 g/mol.